The second-order valence-electron chi connectivity index (χ2n) is 4.29. The number of hydrogen-bond donors (Lipinski definition) is 1. The van der Waals surface area contributed by atoms with E-state index in [1.54, 1.807) is 6.07 Å². The minimum absolute atomic E-state index is 0.518. The van der Waals surface area contributed by atoms with Crippen molar-refractivity contribution in [1.29, 1.82) is 0 Å². The van der Waals surface area contributed by atoms with Gasteiger partial charge in [0.15, 0.2) is 0 Å². The summed E-state index contributed by atoms with van der Waals surface area (Å²) in [5.41, 5.74) is 1.80. The maximum absolute atomic E-state index is 6.08. The maximum atomic E-state index is 6.08. The van der Waals surface area contributed by atoms with Crippen molar-refractivity contribution >= 4 is 40.5 Å². The van der Waals surface area contributed by atoms with Crippen molar-refractivity contribution < 1.29 is 4.74 Å². The van der Waals surface area contributed by atoms with E-state index < -0.39 is 0 Å². The molecule has 0 fully saturated rings. The Bertz CT molecular complexity index is 602. The van der Waals surface area contributed by atoms with Crippen LogP contribution >= 0.6 is 34.8 Å². The largest absolute Gasteiger partial charge is 0.492 e. The molecular formula is C15H14Cl3NO. The number of hydrogen-bond acceptors (Lipinski definition) is 2. The fraction of sp³-hybridized carbons (Fsp3) is 0.200. The predicted molar refractivity (Wildman–Crippen MR) is 86.6 cm³/mol. The topological polar surface area (TPSA) is 21.3 Å². The highest BCUT2D eigenvalue weighted by Gasteiger charge is 2.03. The minimum atomic E-state index is 0.518. The first-order valence-corrected chi connectivity index (χ1v) is 7.28. The average molecular weight is 331 g/mol. The Morgan fingerprint density at radius 2 is 1.85 bits per heavy atom. The van der Waals surface area contributed by atoms with Crippen molar-refractivity contribution in [3.05, 3.63) is 57.0 Å². The molecule has 2 aromatic rings. The Hall–Kier alpha value is -1.09. The van der Waals surface area contributed by atoms with E-state index in [9.17, 15) is 0 Å². The zero-order valence-corrected chi connectivity index (χ0v) is 13.2. The van der Waals surface area contributed by atoms with E-state index in [0.717, 1.165) is 22.0 Å². The van der Waals surface area contributed by atoms with Crippen LogP contribution in [0.4, 0.5) is 5.69 Å². The van der Waals surface area contributed by atoms with Gasteiger partial charge in [0.2, 0.25) is 0 Å². The first kappa shape index (κ1) is 15.3. The Morgan fingerprint density at radius 1 is 1.05 bits per heavy atom. The summed E-state index contributed by atoms with van der Waals surface area (Å²) in [5, 5.41) is 4.98. The highest BCUT2D eigenvalue weighted by molar-refractivity contribution is 6.43. The van der Waals surface area contributed by atoms with Crippen LogP contribution < -0.4 is 10.1 Å². The van der Waals surface area contributed by atoms with Gasteiger partial charge in [-0.3, -0.25) is 0 Å². The van der Waals surface area contributed by atoms with Crippen molar-refractivity contribution in [2.75, 3.05) is 18.5 Å². The van der Waals surface area contributed by atoms with Gasteiger partial charge in [-0.15, -0.1) is 0 Å². The second kappa shape index (κ2) is 7.07. The smallest absolute Gasteiger partial charge is 0.119 e. The number of ether oxygens (including phenoxy) is 1. The van der Waals surface area contributed by atoms with Gasteiger partial charge in [-0.25, -0.2) is 0 Å². The molecule has 0 aliphatic heterocycles. The van der Waals surface area contributed by atoms with Gasteiger partial charge in [0.05, 0.1) is 15.7 Å². The molecule has 0 aromatic heterocycles. The normalized spacial score (nSPS) is 10.4. The highest BCUT2D eigenvalue weighted by atomic mass is 35.5. The summed E-state index contributed by atoms with van der Waals surface area (Å²) >= 11 is 18.0. The number of anilines is 1. The monoisotopic (exact) mass is 329 g/mol. The zero-order valence-electron chi connectivity index (χ0n) is 10.9. The van der Waals surface area contributed by atoms with E-state index in [4.69, 9.17) is 39.5 Å². The molecule has 0 radical (unpaired) electrons. The Labute approximate surface area is 133 Å². The molecule has 5 heteroatoms. The molecule has 0 saturated heterocycles. The first-order valence-electron chi connectivity index (χ1n) is 6.15. The minimum Gasteiger partial charge on any atom is -0.492 e. The van der Waals surface area contributed by atoms with E-state index in [2.05, 4.69) is 5.32 Å². The number of halogens is 3. The molecular weight excluding hydrogens is 317 g/mol. The van der Waals surface area contributed by atoms with Crippen LogP contribution in [-0.4, -0.2) is 13.2 Å². The summed E-state index contributed by atoms with van der Waals surface area (Å²) < 4.78 is 5.64. The van der Waals surface area contributed by atoms with Crippen LogP contribution in [0.1, 0.15) is 5.56 Å². The summed E-state index contributed by atoms with van der Waals surface area (Å²) in [6.45, 7) is 3.09. The maximum Gasteiger partial charge on any atom is 0.119 e. The quantitative estimate of drug-likeness (QED) is 0.736. The molecule has 0 unspecified atom stereocenters. The lowest BCUT2D eigenvalue weighted by Crippen LogP contribution is -2.11. The molecule has 0 aliphatic carbocycles. The molecule has 0 aliphatic rings. The van der Waals surface area contributed by atoms with E-state index >= 15 is 0 Å². The zero-order chi connectivity index (χ0) is 14.5. The third-order valence-corrected chi connectivity index (χ3v) is 4.01. The third kappa shape index (κ3) is 3.95. The molecule has 2 nitrogen and oxygen atoms in total. The number of benzene rings is 2. The Morgan fingerprint density at radius 3 is 2.60 bits per heavy atom. The summed E-state index contributed by atoms with van der Waals surface area (Å²) in [5.74, 6) is 0.797. The average Bonchev–Trinajstić information content (AvgIpc) is 2.43. The summed E-state index contributed by atoms with van der Waals surface area (Å²) in [7, 11) is 0. The molecule has 2 rings (SSSR count). The summed E-state index contributed by atoms with van der Waals surface area (Å²) in [4.78, 5) is 0. The fourth-order valence-electron chi connectivity index (χ4n) is 1.70. The van der Waals surface area contributed by atoms with Crippen molar-refractivity contribution in [3.63, 3.8) is 0 Å². The molecule has 106 valence electrons. The molecule has 0 atom stereocenters. The van der Waals surface area contributed by atoms with Gasteiger partial charge in [0, 0.05) is 11.6 Å². The third-order valence-electron chi connectivity index (χ3n) is 2.77. The molecule has 0 bridgehead atoms. The van der Waals surface area contributed by atoms with Gasteiger partial charge in [0.25, 0.3) is 0 Å². The lowest BCUT2D eigenvalue weighted by Gasteiger charge is -2.11. The first-order chi connectivity index (χ1) is 9.58. The fourth-order valence-corrected chi connectivity index (χ4v) is 2.19. The standard InChI is InChI=1S/C15H14Cl3NO/c1-10-9-11(5-6-12(10)16)20-8-7-19-14-4-2-3-13(17)15(14)18/h2-6,9,19H,7-8H2,1H3. The lowest BCUT2D eigenvalue weighted by molar-refractivity contribution is 0.332. The van der Waals surface area contributed by atoms with Crippen LogP contribution in [0.3, 0.4) is 0 Å². The van der Waals surface area contributed by atoms with Gasteiger partial charge < -0.3 is 10.1 Å². The summed E-state index contributed by atoms with van der Waals surface area (Å²) in [6.07, 6.45) is 0. The van der Waals surface area contributed by atoms with Crippen molar-refractivity contribution in [1.82, 2.24) is 0 Å². The number of aryl methyl sites for hydroxylation is 1. The van der Waals surface area contributed by atoms with Crippen molar-refractivity contribution in [2.45, 2.75) is 6.92 Å². The van der Waals surface area contributed by atoms with Crippen LogP contribution in [0, 0.1) is 6.92 Å². The highest BCUT2D eigenvalue weighted by Crippen LogP contribution is 2.29. The molecule has 1 N–H and O–H groups in total. The second-order valence-corrected chi connectivity index (χ2v) is 5.48. The van der Waals surface area contributed by atoms with Crippen LogP contribution in [0.5, 0.6) is 5.75 Å². The van der Waals surface area contributed by atoms with E-state index in [1.165, 1.54) is 0 Å². The SMILES string of the molecule is Cc1cc(OCCNc2cccc(Cl)c2Cl)ccc1Cl. The van der Waals surface area contributed by atoms with Crippen molar-refractivity contribution in [3.8, 4) is 5.75 Å². The number of rotatable bonds is 5. The molecule has 0 spiro atoms. The van der Waals surface area contributed by atoms with E-state index in [1.807, 2.05) is 37.3 Å². The van der Waals surface area contributed by atoms with Crippen LogP contribution in [0.2, 0.25) is 15.1 Å². The van der Waals surface area contributed by atoms with Crippen LogP contribution in [-0.2, 0) is 0 Å². The van der Waals surface area contributed by atoms with E-state index in [0.29, 0.717) is 23.2 Å². The van der Waals surface area contributed by atoms with Gasteiger partial charge in [-0.2, -0.15) is 0 Å². The summed E-state index contributed by atoms with van der Waals surface area (Å²) in [6, 6.07) is 11.1. The number of nitrogens with one attached hydrogen (secondary N) is 1. The molecule has 0 heterocycles. The molecule has 0 amide bonds. The van der Waals surface area contributed by atoms with E-state index in [-0.39, 0.29) is 0 Å². The Kier molecular flexibility index (Phi) is 5.41. The molecule has 2 aromatic carbocycles. The molecule has 0 saturated carbocycles. The Balaban J connectivity index is 1.84. The van der Waals surface area contributed by atoms with Crippen LogP contribution in [0.15, 0.2) is 36.4 Å². The van der Waals surface area contributed by atoms with Gasteiger partial charge in [0.1, 0.15) is 12.4 Å². The van der Waals surface area contributed by atoms with Crippen molar-refractivity contribution in [2.24, 2.45) is 0 Å². The van der Waals surface area contributed by atoms with Gasteiger partial charge in [-0.1, -0.05) is 40.9 Å². The predicted octanol–water partition coefficient (Wildman–Crippen LogP) is 5.45. The van der Waals surface area contributed by atoms with Crippen LogP contribution in [0.25, 0.3) is 0 Å². The molecule has 20 heavy (non-hydrogen) atoms. The van der Waals surface area contributed by atoms with Gasteiger partial charge in [-0.05, 0) is 42.8 Å². The van der Waals surface area contributed by atoms with Gasteiger partial charge >= 0.3 is 0 Å². The lowest BCUT2D eigenvalue weighted by atomic mass is 10.2.